The number of aromatic nitrogens is 4. The van der Waals surface area contributed by atoms with Gasteiger partial charge in [-0.3, -0.25) is 4.40 Å². The number of imidazole rings is 1. The Morgan fingerprint density at radius 1 is 1.27 bits per heavy atom. The fourth-order valence-electron chi connectivity index (χ4n) is 0.831. The number of nitrogens with two attached hydrogens (primary N) is 2. The maximum absolute atomic E-state index is 5.52. The normalized spacial score (nSPS) is 10.5. The second-order valence-electron chi connectivity index (χ2n) is 2.11. The summed E-state index contributed by atoms with van der Waals surface area (Å²) in [7, 11) is 0. The second kappa shape index (κ2) is 1.82. The lowest BCUT2D eigenvalue weighted by Gasteiger charge is -1.93. The summed E-state index contributed by atoms with van der Waals surface area (Å²) in [5.41, 5.74) is 10.9. The highest BCUT2D eigenvalue weighted by molar-refractivity contribution is 5.43. The van der Waals surface area contributed by atoms with E-state index in [0.29, 0.717) is 17.4 Å². The summed E-state index contributed by atoms with van der Waals surface area (Å²) in [4.78, 5) is 3.87. The lowest BCUT2D eigenvalue weighted by Crippen LogP contribution is -2.00. The molecule has 0 atom stereocenters. The average Bonchev–Trinajstić information content (AvgIpc) is 2.33. The first-order chi connectivity index (χ1) is 5.27. The highest BCUT2D eigenvalue weighted by atomic mass is 15.3. The van der Waals surface area contributed by atoms with Crippen molar-refractivity contribution in [2.75, 3.05) is 11.5 Å². The van der Waals surface area contributed by atoms with Gasteiger partial charge in [0.1, 0.15) is 5.82 Å². The number of hydrogen-bond donors (Lipinski definition) is 2. The topological polar surface area (TPSA) is 95.1 Å². The Labute approximate surface area is 61.9 Å². The van der Waals surface area contributed by atoms with Crippen LogP contribution >= 0.6 is 0 Å². The van der Waals surface area contributed by atoms with E-state index in [1.54, 1.807) is 10.6 Å². The zero-order valence-corrected chi connectivity index (χ0v) is 5.60. The lowest BCUT2D eigenvalue weighted by atomic mass is 10.7. The van der Waals surface area contributed by atoms with Gasteiger partial charge >= 0.3 is 0 Å². The van der Waals surface area contributed by atoms with Crippen molar-refractivity contribution in [1.29, 1.82) is 0 Å². The van der Waals surface area contributed by atoms with E-state index >= 15 is 0 Å². The molecule has 0 spiro atoms. The van der Waals surface area contributed by atoms with Crippen LogP contribution in [0.25, 0.3) is 5.78 Å². The zero-order chi connectivity index (χ0) is 7.84. The fourth-order valence-corrected chi connectivity index (χ4v) is 0.831. The summed E-state index contributed by atoms with van der Waals surface area (Å²) < 4.78 is 1.57. The van der Waals surface area contributed by atoms with Gasteiger partial charge in [-0.05, 0) is 0 Å². The molecule has 2 rings (SSSR count). The first kappa shape index (κ1) is 5.90. The van der Waals surface area contributed by atoms with Crippen LogP contribution in [0.1, 0.15) is 0 Å². The SMILES string of the molecule is Nc1cn2c(N)cnc2nn1. The molecule has 0 bridgehead atoms. The Morgan fingerprint density at radius 2 is 2.09 bits per heavy atom. The number of hydrogen-bond acceptors (Lipinski definition) is 5. The minimum atomic E-state index is 0.321. The first-order valence-electron chi connectivity index (χ1n) is 2.99. The summed E-state index contributed by atoms with van der Waals surface area (Å²) >= 11 is 0. The summed E-state index contributed by atoms with van der Waals surface area (Å²) in [5.74, 6) is 1.28. The van der Waals surface area contributed by atoms with Gasteiger partial charge in [0.2, 0.25) is 0 Å². The molecule has 0 aliphatic rings. The Kier molecular flexibility index (Phi) is 0.974. The quantitative estimate of drug-likeness (QED) is 0.517. The molecule has 2 aromatic rings. The molecule has 0 radical (unpaired) electrons. The minimum absolute atomic E-state index is 0.321. The van der Waals surface area contributed by atoms with E-state index in [2.05, 4.69) is 15.2 Å². The third-order valence-electron chi connectivity index (χ3n) is 1.32. The van der Waals surface area contributed by atoms with Crippen molar-refractivity contribution in [3.05, 3.63) is 12.4 Å². The lowest BCUT2D eigenvalue weighted by molar-refractivity contribution is 0.980. The molecule has 0 aliphatic carbocycles. The molecular formula is C5H6N6. The summed E-state index contributed by atoms with van der Waals surface area (Å²) in [6.07, 6.45) is 3.08. The predicted molar refractivity (Wildman–Crippen MR) is 39.6 cm³/mol. The van der Waals surface area contributed by atoms with E-state index in [-0.39, 0.29) is 0 Å². The van der Waals surface area contributed by atoms with Crippen molar-refractivity contribution >= 4 is 17.4 Å². The van der Waals surface area contributed by atoms with Crippen LogP contribution < -0.4 is 11.5 Å². The number of anilines is 2. The Hall–Kier alpha value is -1.85. The molecule has 0 amide bonds. The molecule has 0 saturated heterocycles. The van der Waals surface area contributed by atoms with Gasteiger partial charge in [-0.25, -0.2) is 4.98 Å². The van der Waals surface area contributed by atoms with Crippen LogP contribution in [0.15, 0.2) is 12.4 Å². The number of nitrogens with zero attached hydrogens (tertiary/aromatic N) is 4. The van der Waals surface area contributed by atoms with E-state index in [1.165, 1.54) is 6.20 Å². The van der Waals surface area contributed by atoms with Crippen molar-refractivity contribution in [2.24, 2.45) is 0 Å². The Balaban J connectivity index is 2.87. The molecule has 2 aromatic heterocycles. The average molecular weight is 150 g/mol. The second-order valence-corrected chi connectivity index (χ2v) is 2.11. The van der Waals surface area contributed by atoms with Crippen LogP contribution in [0, 0.1) is 0 Å². The fraction of sp³-hybridized carbons (Fsp3) is 0. The van der Waals surface area contributed by atoms with Gasteiger partial charge in [-0.15, -0.1) is 10.2 Å². The van der Waals surface area contributed by atoms with E-state index in [9.17, 15) is 0 Å². The van der Waals surface area contributed by atoms with Crippen molar-refractivity contribution in [3.63, 3.8) is 0 Å². The van der Waals surface area contributed by atoms with Crippen molar-refractivity contribution in [2.45, 2.75) is 0 Å². The molecule has 0 fully saturated rings. The molecule has 4 N–H and O–H groups in total. The minimum Gasteiger partial charge on any atom is -0.383 e. The van der Waals surface area contributed by atoms with Crippen molar-refractivity contribution in [3.8, 4) is 0 Å². The highest BCUT2D eigenvalue weighted by Gasteiger charge is 1.99. The Bertz CT molecular complexity index is 391. The van der Waals surface area contributed by atoms with Gasteiger partial charge in [0.25, 0.3) is 5.78 Å². The maximum atomic E-state index is 5.52. The van der Waals surface area contributed by atoms with Crippen LogP contribution in [0.5, 0.6) is 0 Å². The molecule has 0 aliphatic heterocycles. The zero-order valence-electron chi connectivity index (χ0n) is 5.60. The summed E-state index contributed by atoms with van der Waals surface area (Å²) in [5, 5.41) is 7.31. The first-order valence-corrected chi connectivity index (χ1v) is 2.99. The summed E-state index contributed by atoms with van der Waals surface area (Å²) in [6.45, 7) is 0. The third kappa shape index (κ3) is 0.759. The van der Waals surface area contributed by atoms with Crippen LogP contribution in [-0.4, -0.2) is 19.6 Å². The third-order valence-corrected chi connectivity index (χ3v) is 1.32. The van der Waals surface area contributed by atoms with Crippen molar-refractivity contribution < 1.29 is 0 Å². The van der Waals surface area contributed by atoms with Gasteiger partial charge in [-0.1, -0.05) is 0 Å². The van der Waals surface area contributed by atoms with Crippen LogP contribution in [0.4, 0.5) is 11.6 Å². The van der Waals surface area contributed by atoms with E-state index in [4.69, 9.17) is 11.5 Å². The van der Waals surface area contributed by atoms with Crippen LogP contribution in [0.2, 0.25) is 0 Å². The molecule has 0 saturated carbocycles. The molecule has 0 unspecified atom stereocenters. The van der Waals surface area contributed by atoms with Crippen LogP contribution in [-0.2, 0) is 0 Å². The van der Waals surface area contributed by atoms with Gasteiger partial charge in [0, 0.05) is 0 Å². The molecule has 2 heterocycles. The van der Waals surface area contributed by atoms with E-state index in [0.717, 1.165) is 0 Å². The maximum Gasteiger partial charge on any atom is 0.255 e. The standard InChI is InChI=1S/C5H6N6/c6-3-2-11-4(7)1-8-5(11)10-9-3/h1-2H,6-7H2. The predicted octanol–water partition coefficient (Wildman–Crippen LogP) is -0.711. The van der Waals surface area contributed by atoms with Crippen molar-refractivity contribution in [1.82, 2.24) is 19.6 Å². The molecule has 11 heavy (non-hydrogen) atoms. The molecule has 0 aromatic carbocycles. The van der Waals surface area contributed by atoms with Gasteiger partial charge in [-0.2, -0.15) is 0 Å². The largest absolute Gasteiger partial charge is 0.383 e. The highest BCUT2D eigenvalue weighted by Crippen LogP contribution is 2.05. The van der Waals surface area contributed by atoms with Gasteiger partial charge < -0.3 is 11.5 Å². The molecule has 6 nitrogen and oxygen atoms in total. The summed E-state index contributed by atoms with van der Waals surface area (Å²) in [6, 6.07) is 0. The van der Waals surface area contributed by atoms with Gasteiger partial charge in [0.15, 0.2) is 5.82 Å². The monoisotopic (exact) mass is 150 g/mol. The number of rotatable bonds is 0. The van der Waals surface area contributed by atoms with E-state index in [1.807, 2.05) is 0 Å². The van der Waals surface area contributed by atoms with Crippen LogP contribution in [0.3, 0.4) is 0 Å². The van der Waals surface area contributed by atoms with E-state index < -0.39 is 0 Å². The number of nitrogen functional groups attached to an aromatic ring is 2. The number of fused-ring (bicyclic) bond motifs is 1. The molecular weight excluding hydrogens is 144 g/mol. The molecule has 56 valence electrons. The van der Waals surface area contributed by atoms with Gasteiger partial charge in [0.05, 0.1) is 12.4 Å². The Morgan fingerprint density at radius 3 is 2.91 bits per heavy atom. The smallest absolute Gasteiger partial charge is 0.255 e. The molecule has 6 heteroatoms.